The molecule has 1 aromatic carbocycles. The van der Waals surface area contributed by atoms with E-state index in [9.17, 15) is 4.79 Å². The lowest BCUT2D eigenvalue weighted by molar-refractivity contribution is -0.115. The number of rotatable bonds is 4. The molecule has 19 heavy (non-hydrogen) atoms. The standard InChI is InChI=1S/C11H9Cl2N3OS2/c1-6(10(17)15-11-16-14-5-18-11)19-9-4-7(12)2-3-8(9)13/h2-6H,1H3,(H,15,16,17). The minimum absolute atomic E-state index is 0.155. The SMILES string of the molecule is CC(Sc1cc(Cl)ccc1Cl)C(=O)Nc1nncs1. The Balaban J connectivity index is 2.02. The molecule has 0 saturated heterocycles. The van der Waals surface area contributed by atoms with Gasteiger partial charge in [0.15, 0.2) is 0 Å². The number of aromatic nitrogens is 2. The molecule has 0 aliphatic rings. The van der Waals surface area contributed by atoms with Gasteiger partial charge in [0.1, 0.15) is 5.51 Å². The van der Waals surface area contributed by atoms with Gasteiger partial charge in [0.05, 0.1) is 10.3 Å². The van der Waals surface area contributed by atoms with Crippen molar-refractivity contribution >= 4 is 57.3 Å². The van der Waals surface area contributed by atoms with E-state index in [0.29, 0.717) is 15.2 Å². The number of nitrogens with one attached hydrogen (secondary N) is 1. The molecule has 8 heteroatoms. The van der Waals surface area contributed by atoms with Crippen molar-refractivity contribution < 1.29 is 4.79 Å². The van der Waals surface area contributed by atoms with Gasteiger partial charge < -0.3 is 0 Å². The van der Waals surface area contributed by atoms with E-state index in [2.05, 4.69) is 15.5 Å². The second kappa shape index (κ2) is 6.56. The van der Waals surface area contributed by atoms with Crippen LogP contribution in [0.5, 0.6) is 0 Å². The predicted molar refractivity (Wildman–Crippen MR) is 80.3 cm³/mol. The first-order valence-electron chi connectivity index (χ1n) is 5.25. The number of thioether (sulfide) groups is 1. The summed E-state index contributed by atoms with van der Waals surface area (Å²) in [5.74, 6) is -0.155. The summed E-state index contributed by atoms with van der Waals surface area (Å²) in [5, 5.41) is 11.4. The van der Waals surface area contributed by atoms with E-state index in [1.165, 1.54) is 23.1 Å². The molecule has 0 spiro atoms. The molecular formula is C11H9Cl2N3OS2. The van der Waals surface area contributed by atoms with Crippen LogP contribution in [0.3, 0.4) is 0 Å². The first kappa shape index (κ1) is 14.6. The average Bonchev–Trinajstić information content (AvgIpc) is 2.86. The third-order valence-electron chi connectivity index (χ3n) is 2.16. The van der Waals surface area contributed by atoms with Crippen LogP contribution in [-0.4, -0.2) is 21.4 Å². The molecule has 0 radical (unpaired) electrons. The first-order chi connectivity index (χ1) is 9.06. The zero-order chi connectivity index (χ0) is 13.8. The Morgan fingerprint density at radius 2 is 2.26 bits per heavy atom. The molecule has 0 aliphatic carbocycles. The maximum absolute atomic E-state index is 11.9. The lowest BCUT2D eigenvalue weighted by Crippen LogP contribution is -2.22. The second-order valence-electron chi connectivity index (χ2n) is 3.57. The number of halogens is 2. The molecule has 2 aromatic rings. The molecular weight excluding hydrogens is 325 g/mol. The number of anilines is 1. The summed E-state index contributed by atoms with van der Waals surface area (Å²) >= 11 is 14.6. The fourth-order valence-electron chi connectivity index (χ4n) is 1.25. The Kier molecular flexibility index (Phi) is 5.04. The van der Waals surface area contributed by atoms with E-state index < -0.39 is 0 Å². The maximum Gasteiger partial charge on any atom is 0.239 e. The van der Waals surface area contributed by atoms with Gasteiger partial charge in [0.2, 0.25) is 11.0 Å². The van der Waals surface area contributed by atoms with Gasteiger partial charge in [-0.15, -0.1) is 22.0 Å². The Morgan fingerprint density at radius 1 is 1.47 bits per heavy atom. The lowest BCUT2D eigenvalue weighted by atomic mass is 10.4. The smallest absolute Gasteiger partial charge is 0.239 e. The summed E-state index contributed by atoms with van der Waals surface area (Å²) in [6.45, 7) is 1.79. The van der Waals surface area contributed by atoms with Gasteiger partial charge in [-0.2, -0.15) is 0 Å². The molecule has 0 aliphatic heterocycles. The first-order valence-corrected chi connectivity index (χ1v) is 7.76. The zero-order valence-corrected chi connectivity index (χ0v) is 12.9. The molecule has 0 saturated carbocycles. The van der Waals surface area contributed by atoms with Gasteiger partial charge in [-0.25, -0.2) is 0 Å². The van der Waals surface area contributed by atoms with E-state index in [0.717, 1.165) is 4.90 Å². The van der Waals surface area contributed by atoms with Gasteiger partial charge in [0, 0.05) is 9.92 Å². The Labute approximate surface area is 128 Å². The normalized spacial score (nSPS) is 12.2. The van der Waals surface area contributed by atoms with Gasteiger partial charge in [0.25, 0.3) is 0 Å². The summed E-state index contributed by atoms with van der Waals surface area (Å²) in [4.78, 5) is 12.7. The van der Waals surface area contributed by atoms with E-state index >= 15 is 0 Å². The number of carbonyl (C=O) groups excluding carboxylic acids is 1. The van der Waals surface area contributed by atoms with Gasteiger partial charge in [-0.1, -0.05) is 34.5 Å². The van der Waals surface area contributed by atoms with E-state index in [1.807, 2.05) is 0 Å². The quantitative estimate of drug-likeness (QED) is 0.860. The Bertz CT molecular complexity index is 577. The van der Waals surface area contributed by atoms with Crippen LogP contribution in [0.25, 0.3) is 0 Å². The van der Waals surface area contributed by atoms with Crippen molar-refractivity contribution in [2.45, 2.75) is 17.1 Å². The minimum atomic E-state index is -0.320. The van der Waals surface area contributed by atoms with Gasteiger partial charge in [-0.05, 0) is 25.1 Å². The monoisotopic (exact) mass is 333 g/mol. The molecule has 1 aromatic heterocycles. The number of benzene rings is 1. The summed E-state index contributed by atoms with van der Waals surface area (Å²) in [5.41, 5.74) is 1.56. The van der Waals surface area contributed by atoms with Crippen molar-refractivity contribution in [3.63, 3.8) is 0 Å². The number of nitrogens with zero attached hydrogens (tertiary/aromatic N) is 2. The fraction of sp³-hybridized carbons (Fsp3) is 0.182. The summed E-state index contributed by atoms with van der Waals surface area (Å²) in [6.07, 6.45) is 0. The van der Waals surface area contributed by atoms with Crippen LogP contribution in [0.15, 0.2) is 28.6 Å². The number of amides is 1. The third kappa shape index (κ3) is 4.07. The summed E-state index contributed by atoms with van der Waals surface area (Å²) in [6, 6.07) is 5.16. The highest BCUT2D eigenvalue weighted by Gasteiger charge is 2.17. The molecule has 1 amide bonds. The van der Waals surface area contributed by atoms with Crippen LogP contribution in [0.2, 0.25) is 10.0 Å². The van der Waals surface area contributed by atoms with Gasteiger partial charge in [-0.3, -0.25) is 10.1 Å². The fourth-order valence-corrected chi connectivity index (χ4v) is 3.10. The molecule has 4 nitrogen and oxygen atoms in total. The molecule has 100 valence electrons. The second-order valence-corrected chi connectivity index (χ2v) is 6.63. The maximum atomic E-state index is 11.9. The highest BCUT2D eigenvalue weighted by molar-refractivity contribution is 8.00. The topological polar surface area (TPSA) is 54.9 Å². The van der Waals surface area contributed by atoms with E-state index in [4.69, 9.17) is 23.2 Å². The van der Waals surface area contributed by atoms with E-state index in [-0.39, 0.29) is 11.2 Å². The molecule has 2 rings (SSSR count). The minimum Gasteiger partial charge on any atom is -0.300 e. The van der Waals surface area contributed by atoms with Crippen LogP contribution in [0.1, 0.15) is 6.92 Å². The number of hydrogen-bond acceptors (Lipinski definition) is 5. The highest BCUT2D eigenvalue weighted by Crippen LogP contribution is 2.33. The summed E-state index contributed by atoms with van der Waals surface area (Å²) < 4.78 is 0. The van der Waals surface area contributed by atoms with Crippen molar-refractivity contribution in [1.29, 1.82) is 0 Å². The van der Waals surface area contributed by atoms with Crippen molar-refractivity contribution in [2.75, 3.05) is 5.32 Å². The van der Waals surface area contributed by atoms with Crippen molar-refractivity contribution in [3.05, 3.63) is 33.8 Å². The molecule has 0 bridgehead atoms. The van der Waals surface area contributed by atoms with Crippen molar-refractivity contribution in [2.24, 2.45) is 0 Å². The van der Waals surface area contributed by atoms with Crippen molar-refractivity contribution in [1.82, 2.24) is 10.2 Å². The molecule has 1 heterocycles. The van der Waals surface area contributed by atoms with Crippen LogP contribution in [0.4, 0.5) is 5.13 Å². The largest absolute Gasteiger partial charge is 0.300 e. The molecule has 1 N–H and O–H groups in total. The van der Waals surface area contributed by atoms with Crippen molar-refractivity contribution in [3.8, 4) is 0 Å². The predicted octanol–water partition coefficient (Wildman–Crippen LogP) is 3.96. The third-order valence-corrected chi connectivity index (χ3v) is 4.60. The summed E-state index contributed by atoms with van der Waals surface area (Å²) in [7, 11) is 0. The van der Waals surface area contributed by atoms with Crippen LogP contribution in [0, 0.1) is 0 Å². The van der Waals surface area contributed by atoms with Crippen LogP contribution < -0.4 is 5.32 Å². The number of hydrogen-bond donors (Lipinski definition) is 1. The average molecular weight is 334 g/mol. The van der Waals surface area contributed by atoms with E-state index in [1.54, 1.807) is 30.6 Å². The zero-order valence-electron chi connectivity index (χ0n) is 9.76. The Hall–Kier alpha value is -0.820. The molecule has 1 atom stereocenters. The Morgan fingerprint density at radius 3 is 2.95 bits per heavy atom. The molecule has 1 unspecified atom stereocenters. The lowest BCUT2D eigenvalue weighted by Gasteiger charge is -2.11. The molecule has 0 fully saturated rings. The number of carbonyl (C=O) groups is 1. The van der Waals surface area contributed by atoms with Crippen LogP contribution >= 0.6 is 46.3 Å². The highest BCUT2D eigenvalue weighted by atomic mass is 35.5. The van der Waals surface area contributed by atoms with Crippen LogP contribution in [-0.2, 0) is 4.79 Å². The van der Waals surface area contributed by atoms with Gasteiger partial charge >= 0.3 is 0 Å².